The third-order valence-electron chi connectivity index (χ3n) is 5.51. The smallest absolute Gasteiger partial charge is 0.317 e. The first-order valence-electron chi connectivity index (χ1n) is 10.9. The maximum atomic E-state index is 11.4. The van der Waals surface area contributed by atoms with Gasteiger partial charge in [0.25, 0.3) is 0 Å². The molecule has 0 spiro atoms. The van der Waals surface area contributed by atoms with Gasteiger partial charge in [-0.3, -0.25) is 9.59 Å². The lowest BCUT2D eigenvalue weighted by atomic mass is 9.94. The lowest BCUT2D eigenvalue weighted by Gasteiger charge is -2.11. The monoisotopic (exact) mass is 352 g/mol. The van der Waals surface area contributed by atoms with E-state index in [0.29, 0.717) is 6.42 Å². The maximum absolute atomic E-state index is 11.4. The minimum absolute atomic E-state index is 0.160. The minimum Gasteiger partial charge on any atom is -0.393 e. The molecule has 1 saturated heterocycles. The number of unbranched alkanes of at least 4 members (excludes halogenated alkanes) is 10. The van der Waals surface area contributed by atoms with Gasteiger partial charge < -0.3 is 4.74 Å². The summed E-state index contributed by atoms with van der Waals surface area (Å²) in [6.45, 7) is 4.65. The van der Waals surface area contributed by atoms with E-state index in [9.17, 15) is 9.59 Å². The molecule has 146 valence electrons. The fourth-order valence-electron chi connectivity index (χ4n) is 3.75. The highest BCUT2D eigenvalue weighted by molar-refractivity contribution is 5.94. The van der Waals surface area contributed by atoms with Crippen LogP contribution in [0.15, 0.2) is 0 Å². The largest absolute Gasteiger partial charge is 0.393 e. The third-order valence-corrected chi connectivity index (χ3v) is 5.51. The van der Waals surface area contributed by atoms with E-state index in [2.05, 4.69) is 18.6 Å². The van der Waals surface area contributed by atoms with Gasteiger partial charge in [-0.25, -0.2) is 0 Å². The number of carbonyl (C=O) groups is 2. The number of hydrogen-bond donors (Lipinski definition) is 0. The Labute approximate surface area is 155 Å². The van der Waals surface area contributed by atoms with E-state index in [-0.39, 0.29) is 17.9 Å². The van der Waals surface area contributed by atoms with Crippen LogP contribution in [0, 0.1) is 11.8 Å². The highest BCUT2D eigenvalue weighted by atomic mass is 16.6. The van der Waals surface area contributed by atoms with E-state index in [4.69, 9.17) is 0 Å². The molecule has 1 aliphatic rings. The van der Waals surface area contributed by atoms with Crippen LogP contribution in [0.25, 0.3) is 0 Å². The molecule has 2 unspecified atom stereocenters. The summed E-state index contributed by atoms with van der Waals surface area (Å²) in [4.78, 5) is 22.4. The summed E-state index contributed by atoms with van der Waals surface area (Å²) in [7, 11) is 0. The predicted molar refractivity (Wildman–Crippen MR) is 103 cm³/mol. The molecule has 0 bridgehead atoms. The second kappa shape index (κ2) is 14.3. The van der Waals surface area contributed by atoms with Gasteiger partial charge in [0.1, 0.15) is 0 Å². The Morgan fingerprint density at radius 3 is 1.88 bits per heavy atom. The zero-order valence-corrected chi connectivity index (χ0v) is 16.7. The summed E-state index contributed by atoms with van der Waals surface area (Å²) in [6.07, 6.45) is 19.9. The summed E-state index contributed by atoms with van der Waals surface area (Å²) in [5, 5.41) is 0. The number of ether oxygens (including phenoxy) is 1. The van der Waals surface area contributed by atoms with E-state index in [1.807, 2.05) is 0 Å². The molecule has 0 radical (unpaired) electrons. The molecule has 0 aromatic carbocycles. The van der Waals surface area contributed by atoms with Crippen LogP contribution in [0.3, 0.4) is 0 Å². The average molecular weight is 353 g/mol. The minimum atomic E-state index is -0.343. The van der Waals surface area contributed by atoms with E-state index in [1.54, 1.807) is 0 Å². The molecule has 1 fully saturated rings. The zero-order chi connectivity index (χ0) is 18.3. The summed E-state index contributed by atoms with van der Waals surface area (Å²) in [6, 6.07) is 0. The van der Waals surface area contributed by atoms with Crippen molar-refractivity contribution < 1.29 is 14.3 Å². The molecule has 3 heteroatoms. The molecule has 1 heterocycles. The summed E-state index contributed by atoms with van der Waals surface area (Å²) in [5.41, 5.74) is 0. The van der Waals surface area contributed by atoms with Crippen LogP contribution >= 0.6 is 0 Å². The number of esters is 2. The fourth-order valence-corrected chi connectivity index (χ4v) is 3.75. The van der Waals surface area contributed by atoms with Gasteiger partial charge in [-0.05, 0) is 12.3 Å². The van der Waals surface area contributed by atoms with E-state index >= 15 is 0 Å². The van der Waals surface area contributed by atoms with Gasteiger partial charge in [-0.15, -0.1) is 0 Å². The van der Waals surface area contributed by atoms with Crippen LogP contribution in [-0.2, 0) is 14.3 Å². The summed E-state index contributed by atoms with van der Waals surface area (Å²) < 4.78 is 4.59. The molecular formula is C22H40O3. The van der Waals surface area contributed by atoms with Gasteiger partial charge in [0, 0.05) is 0 Å². The lowest BCUT2D eigenvalue weighted by molar-refractivity contribution is -0.153. The zero-order valence-electron chi connectivity index (χ0n) is 16.7. The van der Waals surface area contributed by atoms with Crippen molar-refractivity contribution in [3.05, 3.63) is 0 Å². The molecule has 1 rings (SSSR count). The topological polar surface area (TPSA) is 43.4 Å². The lowest BCUT2D eigenvalue weighted by Crippen LogP contribution is -2.07. The number of cyclic esters (lactones) is 2. The Hall–Kier alpha value is -0.860. The van der Waals surface area contributed by atoms with Crippen LogP contribution in [0.2, 0.25) is 0 Å². The van der Waals surface area contributed by atoms with E-state index in [1.165, 1.54) is 83.5 Å². The number of rotatable bonds is 16. The van der Waals surface area contributed by atoms with Crippen LogP contribution in [0.5, 0.6) is 0 Å². The van der Waals surface area contributed by atoms with Gasteiger partial charge in [-0.2, -0.15) is 0 Å². The molecule has 0 aliphatic carbocycles. The Morgan fingerprint density at radius 2 is 1.36 bits per heavy atom. The van der Waals surface area contributed by atoms with Gasteiger partial charge in [0.05, 0.1) is 12.3 Å². The van der Waals surface area contributed by atoms with Gasteiger partial charge in [-0.1, -0.05) is 104 Å². The molecule has 1 aliphatic heterocycles. The molecule has 3 nitrogen and oxygen atoms in total. The predicted octanol–water partition coefficient (Wildman–Crippen LogP) is 6.58. The van der Waals surface area contributed by atoms with Gasteiger partial charge in [0.15, 0.2) is 0 Å². The van der Waals surface area contributed by atoms with Crippen molar-refractivity contribution in [2.75, 3.05) is 0 Å². The first-order chi connectivity index (χ1) is 12.1. The number of hydrogen-bond acceptors (Lipinski definition) is 3. The highest BCUT2D eigenvalue weighted by Crippen LogP contribution is 2.23. The van der Waals surface area contributed by atoms with Crippen molar-refractivity contribution in [2.45, 2.75) is 117 Å². The Morgan fingerprint density at radius 1 is 0.840 bits per heavy atom. The first kappa shape index (κ1) is 22.2. The maximum Gasteiger partial charge on any atom is 0.317 e. The van der Waals surface area contributed by atoms with Gasteiger partial charge >= 0.3 is 11.9 Å². The Balaban J connectivity index is 1.83. The molecule has 0 aromatic rings. The molecule has 2 atom stereocenters. The van der Waals surface area contributed by atoms with Crippen molar-refractivity contribution in [3.63, 3.8) is 0 Å². The molecular weight excluding hydrogens is 312 g/mol. The van der Waals surface area contributed by atoms with E-state index in [0.717, 1.165) is 18.8 Å². The second-order valence-corrected chi connectivity index (χ2v) is 8.05. The second-order valence-electron chi connectivity index (χ2n) is 8.05. The Bertz CT molecular complexity index is 364. The van der Waals surface area contributed by atoms with Crippen LogP contribution in [0.4, 0.5) is 0 Å². The number of carbonyl (C=O) groups excluding carboxylic acids is 2. The summed E-state index contributed by atoms with van der Waals surface area (Å²) >= 11 is 0. The summed E-state index contributed by atoms with van der Waals surface area (Å²) in [5.74, 6) is 0.0165. The standard InChI is InChI=1S/C22H40O3/c1-3-4-5-6-7-8-9-10-12-15-19(2)16-13-11-14-17-20-18-21(23)25-22(20)24/h19-20H,3-18H2,1-2H3. The van der Waals surface area contributed by atoms with Crippen molar-refractivity contribution in [1.82, 2.24) is 0 Å². The molecule has 25 heavy (non-hydrogen) atoms. The molecule has 0 amide bonds. The third kappa shape index (κ3) is 11.4. The van der Waals surface area contributed by atoms with Crippen molar-refractivity contribution in [3.8, 4) is 0 Å². The SMILES string of the molecule is CCCCCCCCCCCC(C)CCCCCC1CC(=O)OC1=O. The van der Waals surface area contributed by atoms with Crippen LogP contribution < -0.4 is 0 Å². The van der Waals surface area contributed by atoms with Crippen molar-refractivity contribution in [2.24, 2.45) is 11.8 Å². The molecule has 0 aromatic heterocycles. The van der Waals surface area contributed by atoms with E-state index < -0.39 is 0 Å². The molecule has 0 N–H and O–H groups in total. The van der Waals surface area contributed by atoms with Crippen LogP contribution in [0.1, 0.15) is 117 Å². The van der Waals surface area contributed by atoms with Crippen molar-refractivity contribution >= 4 is 11.9 Å². The first-order valence-corrected chi connectivity index (χ1v) is 10.9. The average Bonchev–Trinajstić information content (AvgIpc) is 2.90. The van der Waals surface area contributed by atoms with Crippen LogP contribution in [-0.4, -0.2) is 11.9 Å². The quantitative estimate of drug-likeness (QED) is 0.179. The van der Waals surface area contributed by atoms with Crippen molar-refractivity contribution in [1.29, 1.82) is 0 Å². The highest BCUT2D eigenvalue weighted by Gasteiger charge is 2.32. The normalized spacial score (nSPS) is 18.6. The fraction of sp³-hybridized carbons (Fsp3) is 0.909. The Kier molecular flexibility index (Phi) is 12.7. The molecule has 0 saturated carbocycles. The van der Waals surface area contributed by atoms with Gasteiger partial charge in [0.2, 0.25) is 0 Å².